The number of anilines is 2. The number of hydrogen-bond acceptors (Lipinski definition) is 5. The van der Waals surface area contributed by atoms with Crippen molar-refractivity contribution in [1.29, 1.82) is 0 Å². The molecule has 0 fully saturated rings. The monoisotopic (exact) mass is 360 g/mol. The highest BCUT2D eigenvalue weighted by Crippen LogP contribution is 2.26. The molecule has 0 amide bonds. The van der Waals surface area contributed by atoms with E-state index in [2.05, 4.69) is 36.2 Å². The Morgan fingerprint density at radius 1 is 1.35 bits per heavy atom. The summed E-state index contributed by atoms with van der Waals surface area (Å²) in [4.78, 5) is 11.8. The third-order valence-electron chi connectivity index (χ3n) is 2.37. The van der Waals surface area contributed by atoms with Crippen LogP contribution in [0.15, 0.2) is 16.6 Å². The minimum Gasteiger partial charge on any atom is -0.464 e. The molecule has 1 aromatic carbocycles. The molecule has 1 heterocycles. The van der Waals surface area contributed by atoms with Crippen LogP contribution in [-0.4, -0.2) is 21.6 Å². The van der Waals surface area contributed by atoms with Crippen molar-refractivity contribution in [2.45, 2.75) is 13.8 Å². The zero-order chi connectivity index (χ0) is 14.7. The molecule has 0 radical (unpaired) electrons. The van der Waals surface area contributed by atoms with Crippen molar-refractivity contribution in [3.05, 3.63) is 33.3 Å². The third kappa shape index (κ3) is 3.55. The second-order valence-electron chi connectivity index (χ2n) is 3.85. The Kier molecular flexibility index (Phi) is 4.72. The zero-order valence-electron chi connectivity index (χ0n) is 10.7. The lowest BCUT2D eigenvalue weighted by Crippen LogP contribution is -2.04. The maximum atomic E-state index is 13.6. The lowest BCUT2D eigenvalue weighted by atomic mass is 10.2. The Morgan fingerprint density at radius 3 is 2.80 bits per heavy atom. The maximum Gasteiger partial charge on any atom is 0.322 e. The average molecular weight is 362 g/mol. The first-order valence-electron chi connectivity index (χ1n) is 5.76. The van der Waals surface area contributed by atoms with Crippen LogP contribution in [0.3, 0.4) is 0 Å². The van der Waals surface area contributed by atoms with Crippen LogP contribution in [0.2, 0.25) is 5.28 Å². The number of nitrogens with one attached hydrogen (secondary N) is 1. The second kappa shape index (κ2) is 6.32. The molecule has 0 spiro atoms. The molecule has 0 atom stereocenters. The molecule has 0 aliphatic carbocycles. The Bertz CT molecular complexity index is 641. The SMILES string of the molecule is CCOc1nc(Cl)nc(Nc2cc(F)c(Br)cc2C)n1. The highest BCUT2D eigenvalue weighted by molar-refractivity contribution is 9.10. The van der Waals surface area contributed by atoms with Crippen LogP contribution >= 0.6 is 27.5 Å². The molecule has 2 rings (SSSR count). The standard InChI is InChI=1S/C12H11BrClFN4O/c1-3-20-12-18-10(14)17-11(19-12)16-9-5-8(15)7(13)4-6(9)2/h4-5H,3H2,1-2H3,(H,16,17,18,19). The summed E-state index contributed by atoms with van der Waals surface area (Å²) in [5.41, 5.74) is 1.36. The van der Waals surface area contributed by atoms with Gasteiger partial charge in [-0.15, -0.1) is 0 Å². The van der Waals surface area contributed by atoms with Crippen LogP contribution in [0.5, 0.6) is 6.01 Å². The van der Waals surface area contributed by atoms with E-state index in [4.69, 9.17) is 16.3 Å². The van der Waals surface area contributed by atoms with E-state index < -0.39 is 0 Å². The molecular weight excluding hydrogens is 351 g/mol. The molecular formula is C12H11BrClFN4O. The van der Waals surface area contributed by atoms with Gasteiger partial charge in [0.15, 0.2) is 0 Å². The fourth-order valence-electron chi connectivity index (χ4n) is 1.48. The summed E-state index contributed by atoms with van der Waals surface area (Å²) < 4.78 is 19.1. The summed E-state index contributed by atoms with van der Waals surface area (Å²) in [5.74, 6) is -0.193. The van der Waals surface area contributed by atoms with Crippen molar-refractivity contribution in [2.75, 3.05) is 11.9 Å². The summed E-state index contributed by atoms with van der Waals surface area (Å²) in [6, 6.07) is 3.12. The van der Waals surface area contributed by atoms with Crippen LogP contribution in [0.1, 0.15) is 12.5 Å². The van der Waals surface area contributed by atoms with E-state index in [-0.39, 0.29) is 23.1 Å². The first-order valence-corrected chi connectivity index (χ1v) is 6.93. The predicted octanol–water partition coefficient (Wildman–Crippen LogP) is 3.88. The third-order valence-corrected chi connectivity index (χ3v) is 3.15. The number of halogens is 3. The summed E-state index contributed by atoms with van der Waals surface area (Å²) in [5, 5.41) is 2.89. The number of rotatable bonds is 4. The quantitative estimate of drug-likeness (QED) is 0.895. The number of benzene rings is 1. The number of hydrogen-bond donors (Lipinski definition) is 1. The minimum absolute atomic E-state index is 0.00110. The van der Waals surface area contributed by atoms with E-state index in [1.54, 1.807) is 13.0 Å². The Hall–Kier alpha value is -1.47. The van der Waals surface area contributed by atoms with E-state index in [0.29, 0.717) is 16.8 Å². The largest absolute Gasteiger partial charge is 0.464 e. The molecule has 2 aromatic rings. The van der Waals surface area contributed by atoms with Crippen LogP contribution in [0, 0.1) is 12.7 Å². The van der Waals surface area contributed by atoms with E-state index in [1.165, 1.54) is 6.07 Å². The van der Waals surface area contributed by atoms with Gasteiger partial charge in [0.1, 0.15) is 5.82 Å². The van der Waals surface area contributed by atoms with Crippen LogP contribution in [-0.2, 0) is 0 Å². The molecule has 0 unspecified atom stereocenters. The average Bonchev–Trinajstić information content (AvgIpc) is 2.35. The van der Waals surface area contributed by atoms with Gasteiger partial charge < -0.3 is 10.1 Å². The Labute approximate surface area is 128 Å². The van der Waals surface area contributed by atoms with Crippen LogP contribution < -0.4 is 10.1 Å². The van der Waals surface area contributed by atoms with Crippen LogP contribution in [0.25, 0.3) is 0 Å². The van der Waals surface area contributed by atoms with Crippen molar-refractivity contribution >= 4 is 39.2 Å². The minimum atomic E-state index is -0.386. The van der Waals surface area contributed by atoms with Crippen molar-refractivity contribution in [1.82, 2.24) is 15.0 Å². The molecule has 0 saturated carbocycles. The first kappa shape index (κ1) is 14.9. The van der Waals surface area contributed by atoms with E-state index in [1.807, 2.05) is 6.92 Å². The zero-order valence-corrected chi connectivity index (χ0v) is 13.1. The van der Waals surface area contributed by atoms with Gasteiger partial charge in [-0.1, -0.05) is 0 Å². The van der Waals surface area contributed by atoms with Gasteiger partial charge in [0.2, 0.25) is 11.2 Å². The van der Waals surface area contributed by atoms with E-state index >= 15 is 0 Å². The van der Waals surface area contributed by atoms with Crippen molar-refractivity contribution in [3.63, 3.8) is 0 Å². The van der Waals surface area contributed by atoms with E-state index in [0.717, 1.165) is 5.56 Å². The molecule has 1 N–H and O–H groups in total. The molecule has 106 valence electrons. The molecule has 0 bridgehead atoms. The summed E-state index contributed by atoms with van der Waals surface area (Å²) in [6.07, 6.45) is 0. The van der Waals surface area contributed by atoms with E-state index in [9.17, 15) is 4.39 Å². The molecule has 20 heavy (non-hydrogen) atoms. The molecule has 0 aliphatic heterocycles. The van der Waals surface area contributed by atoms with Gasteiger partial charge in [-0.3, -0.25) is 0 Å². The molecule has 0 aliphatic rings. The Balaban J connectivity index is 2.32. The topological polar surface area (TPSA) is 59.9 Å². The molecule has 0 saturated heterocycles. The highest BCUT2D eigenvalue weighted by atomic mass is 79.9. The lowest BCUT2D eigenvalue weighted by Gasteiger charge is -2.10. The van der Waals surface area contributed by atoms with Crippen molar-refractivity contribution in [2.24, 2.45) is 0 Å². The fraction of sp³-hybridized carbons (Fsp3) is 0.250. The smallest absolute Gasteiger partial charge is 0.322 e. The summed E-state index contributed by atoms with van der Waals surface area (Å²) >= 11 is 8.91. The molecule has 5 nitrogen and oxygen atoms in total. The second-order valence-corrected chi connectivity index (χ2v) is 5.04. The fourth-order valence-corrected chi connectivity index (χ4v) is 2.09. The number of ether oxygens (including phenoxy) is 1. The van der Waals surface area contributed by atoms with Gasteiger partial charge in [-0.2, -0.15) is 15.0 Å². The maximum absolute atomic E-state index is 13.6. The number of aromatic nitrogens is 3. The Morgan fingerprint density at radius 2 is 2.10 bits per heavy atom. The number of aryl methyl sites for hydroxylation is 1. The predicted molar refractivity (Wildman–Crippen MR) is 78.1 cm³/mol. The normalized spacial score (nSPS) is 10.4. The highest BCUT2D eigenvalue weighted by Gasteiger charge is 2.09. The lowest BCUT2D eigenvalue weighted by molar-refractivity contribution is 0.312. The summed E-state index contributed by atoms with van der Waals surface area (Å²) in [7, 11) is 0. The van der Waals surface area contributed by atoms with Gasteiger partial charge in [-0.05, 0) is 59.1 Å². The van der Waals surface area contributed by atoms with Gasteiger partial charge >= 0.3 is 6.01 Å². The molecule has 1 aromatic heterocycles. The number of nitrogens with zero attached hydrogens (tertiary/aromatic N) is 3. The van der Waals surface area contributed by atoms with Gasteiger partial charge in [-0.25, -0.2) is 4.39 Å². The van der Waals surface area contributed by atoms with Gasteiger partial charge in [0, 0.05) is 5.69 Å². The summed E-state index contributed by atoms with van der Waals surface area (Å²) in [6.45, 7) is 4.05. The van der Waals surface area contributed by atoms with Crippen molar-refractivity contribution < 1.29 is 9.13 Å². The first-order chi connectivity index (χ1) is 9.49. The van der Waals surface area contributed by atoms with Gasteiger partial charge in [0.25, 0.3) is 0 Å². The van der Waals surface area contributed by atoms with Crippen molar-refractivity contribution in [3.8, 4) is 6.01 Å². The van der Waals surface area contributed by atoms with Gasteiger partial charge in [0.05, 0.1) is 11.1 Å². The molecule has 8 heteroatoms. The van der Waals surface area contributed by atoms with Crippen LogP contribution in [0.4, 0.5) is 16.0 Å².